The molecular formula is C15H24N2O2. The molecule has 1 amide bonds. The predicted molar refractivity (Wildman–Crippen MR) is 77.4 cm³/mol. The maximum absolute atomic E-state index is 10.8. The normalized spacial score (nSPS) is 11.4. The number of hydrogen-bond donors (Lipinski definition) is 2. The van der Waals surface area contributed by atoms with Gasteiger partial charge in [0.1, 0.15) is 0 Å². The van der Waals surface area contributed by atoms with E-state index >= 15 is 0 Å². The number of nitrogens with two attached hydrogens (primary N) is 1. The lowest BCUT2D eigenvalue weighted by Gasteiger charge is -2.25. The first-order valence-electron chi connectivity index (χ1n) is 6.52. The van der Waals surface area contributed by atoms with Crippen LogP contribution in [0.15, 0.2) is 18.2 Å². The van der Waals surface area contributed by atoms with E-state index in [4.69, 9.17) is 10.8 Å². The molecule has 0 unspecified atom stereocenters. The van der Waals surface area contributed by atoms with Gasteiger partial charge in [-0.1, -0.05) is 39.0 Å². The Morgan fingerprint density at radius 1 is 1.37 bits per heavy atom. The van der Waals surface area contributed by atoms with Gasteiger partial charge in [-0.25, -0.2) is 4.79 Å². The Balaban J connectivity index is 2.97. The number of likely N-dealkylation sites (N-methyl/N-ethyl adjacent to an activating group) is 1. The van der Waals surface area contributed by atoms with E-state index < -0.39 is 6.09 Å². The molecule has 106 valence electrons. The molecule has 0 radical (unpaired) electrons. The van der Waals surface area contributed by atoms with Crippen LogP contribution in [0.1, 0.15) is 37.5 Å². The molecule has 0 aromatic heterocycles. The van der Waals surface area contributed by atoms with Crippen molar-refractivity contribution in [1.29, 1.82) is 0 Å². The molecule has 4 nitrogen and oxygen atoms in total. The van der Waals surface area contributed by atoms with Crippen LogP contribution in [-0.2, 0) is 18.4 Å². The quantitative estimate of drug-likeness (QED) is 0.878. The molecule has 0 aliphatic carbocycles. The number of rotatable bonds is 4. The van der Waals surface area contributed by atoms with Gasteiger partial charge in [-0.15, -0.1) is 0 Å². The van der Waals surface area contributed by atoms with Crippen molar-refractivity contribution in [2.75, 3.05) is 13.6 Å². The molecule has 0 aliphatic heterocycles. The summed E-state index contributed by atoms with van der Waals surface area (Å²) in [6, 6.07) is 6.22. The van der Waals surface area contributed by atoms with Crippen LogP contribution < -0.4 is 5.73 Å². The van der Waals surface area contributed by atoms with Gasteiger partial charge in [-0.05, 0) is 28.5 Å². The molecule has 0 atom stereocenters. The first kappa shape index (κ1) is 15.5. The van der Waals surface area contributed by atoms with Crippen LogP contribution in [0.3, 0.4) is 0 Å². The number of benzene rings is 1. The lowest BCUT2D eigenvalue weighted by atomic mass is 9.82. The van der Waals surface area contributed by atoms with Crippen molar-refractivity contribution in [3.05, 3.63) is 34.9 Å². The van der Waals surface area contributed by atoms with E-state index in [9.17, 15) is 4.79 Å². The van der Waals surface area contributed by atoms with Gasteiger partial charge >= 0.3 is 6.09 Å². The Morgan fingerprint density at radius 2 is 2.00 bits per heavy atom. The summed E-state index contributed by atoms with van der Waals surface area (Å²) in [5.41, 5.74) is 9.27. The summed E-state index contributed by atoms with van der Waals surface area (Å²) in [4.78, 5) is 12.1. The molecule has 0 saturated carbocycles. The highest BCUT2D eigenvalue weighted by atomic mass is 16.4. The average molecular weight is 264 g/mol. The van der Waals surface area contributed by atoms with E-state index in [1.165, 1.54) is 16.0 Å². The molecule has 4 heteroatoms. The zero-order valence-corrected chi connectivity index (χ0v) is 12.2. The fraction of sp³-hybridized carbons (Fsp3) is 0.533. The van der Waals surface area contributed by atoms with Crippen molar-refractivity contribution >= 4 is 6.09 Å². The van der Waals surface area contributed by atoms with E-state index in [0.29, 0.717) is 13.1 Å². The minimum atomic E-state index is -0.893. The van der Waals surface area contributed by atoms with Crippen molar-refractivity contribution in [3.8, 4) is 0 Å². The van der Waals surface area contributed by atoms with Gasteiger partial charge in [0.25, 0.3) is 0 Å². The highest BCUT2D eigenvalue weighted by Gasteiger charge is 2.18. The Labute approximate surface area is 115 Å². The lowest BCUT2D eigenvalue weighted by Crippen LogP contribution is -2.27. The van der Waals surface area contributed by atoms with Gasteiger partial charge in [0, 0.05) is 20.1 Å². The minimum Gasteiger partial charge on any atom is -0.465 e. The zero-order chi connectivity index (χ0) is 14.6. The second kappa shape index (κ2) is 6.06. The number of hydrogen-bond acceptors (Lipinski definition) is 2. The molecule has 1 rings (SSSR count). The summed E-state index contributed by atoms with van der Waals surface area (Å²) < 4.78 is 0. The summed E-state index contributed by atoms with van der Waals surface area (Å²) in [7, 11) is 1.59. The smallest absolute Gasteiger partial charge is 0.407 e. The topological polar surface area (TPSA) is 66.6 Å². The van der Waals surface area contributed by atoms with Gasteiger partial charge in [-0.2, -0.15) is 0 Å². The van der Waals surface area contributed by atoms with Crippen LogP contribution in [0.2, 0.25) is 0 Å². The molecule has 1 aromatic carbocycles. The van der Waals surface area contributed by atoms with Gasteiger partial charge < -0.3 is 15.7 Å². The largest absolute Gasteiger partial charge is 0.465 e. The molecular weight excluding hydrogens is 240 g/mol. The van der Waals surface area contributed by atoms with Crippen LogP contribution in [0.25, 0.3) is 0 Å². The number of amides is 1. The van der Waals surface area contributed by atoms with E-state index in [-0.39, 0.29) is 5.41 Å². The summed E-state index contributed by atoms with van der Waals surface area (Å²) in [6.45, 7) is 7.51. The second-order valence-corrected chi connectivity index (χ2v) is 5.90. The predicted octanol–water partition coefficient (Wildman–Crippen LogP) is 2.60. The third-order valence-electron chi connectivity index (χ3n) is 3.26. The molecule has 0 spiro atoms. The van der Waals surface area contributed by atoms with E-state index in [1.807, 2.05) is 6.07 Å². The van der Waals surface area contributed by atoms with Crippen molar-refractivity contribution in [1.82, 2.24) is 4.90 Å². The average Bonchev–Trinajstić information content (AvgIpc) is 2.34. The van der Waals surface area contributed by atoms with E-state index in [0.717, 1.165) is 12.0 Å². The Morgan fingerprint density at radius 3 is 2.47 bits per heavy atom. The minimum absolute atomic E-state index is 0.0301. The van der Waals surface area contributed by atoms with Crippen LogP contribution in [0.4, 0.5) is 4.79 Å². The molecule has 0 heterocycles. The van der Waals surface area contributed by atoms with Gasteiger partial charge in [0.05, 0.1) is 0 Å². The van der Waals surface area contributed by atoms with E-state index in [2.05, 4.69) is 32.9 Å². The SMILES string of the molecule is CN(CCc1ccc(CN)cc1C(C)(C)C)C(=O)O. The molecule has 19 heavy (non-hydrogen) atoms. The maximum atomic E-state index is 10.8. The van der Waals surface area contributed by atoms with E-state index in [1.54, 1.807) is 7.05 Å². The Hall–Kier alpha value is -1.55. The summed E-state index contributed by atoms with van der Waals surface area (Å²) in [5, 5.41) is 8.88. The third kappa shape index (κ3) is 4.24. The monoisotopic (exact) mass is 264 g/mol. The van der Waals surface area contributed by atoms with Gasteiger partial charge in [0.2, 0.25) is 0 Å². The number of carboxylic acid groups (broad SMARTS) is 1. The van der Waals surface area contributed by atoms with Crippen LogP contribution >= 0.6 is 0 Å². The first-order valence-corrected chi connectivity index (χ1v) is 6.52. The molecule has 1 aromatic rings. The van der Waals surface area contributed by atoms with Gasteiger partial charge in [0.15, 0.2) is 0 Å². The summed E-state index contributed by atoms with van der Waals surface area (Å²) in [6.07, 6.45) is -0.170. The summed E-state index contributed by atoms with van der Waals surface area (Å²) in [5.74, 6) is 0. The fourth-order valence-electron chi connectivity index (χ4n) is 2.05. The molecule has 0 aliphatic rings. The highest BCUT2D eigenvalue weighted by Crippen LogP contribution is 2.27. The highest BCUT2D eigenvalue weighted by molar-refractivity contribution is 5.64. The molecule has 0 fully saturated rings. The molecule has 0 bridgehead atoms. The maximum Gasteiger partial charge on any atom is 0.407 e. The van der Waals surface area contributed by atoms with Crippen LogP contribution in [0, 0.1) is 0 Å². The third-order valence-corrected chi connectivity index (χ3v) is 3.26. The van der Waals surface area contributed by atoms with Crippen molar-refractivity contribution in [3.63, 3.8) is 0 Å². The fourth-order valence-corrected chi connectivity index (χ4v) is 2.05. The summed E-state index contributed by atoms with van der Waals surface area (Å²) >= 11 is 0. The Bertz CT molecular complexity index is 450. The van der Waals surface area contributed by atoms with Crippen molar-refractivity contribution in [2.45, 2.75) is 39.2 Å². The molecule has 3 N–H and O–H groups in total. The lowest BCUT2D eigenvalue weighted by molar-refractivity contribution is 0.156. The first-order chi connectivity index (χ1) is 8.75. The molecule has 0 saturated heterocycles. The Kier molecular flexibility index (Phi) is 4.95. The van der Waals surface area contributed by atoms with Crippen molar-refractivity contribution in [2.24, 2.45) is 5.73 Å². The number of carbonyl (C=O) groups is 1. The standard InChI is InChI=1S/C15H24N2O2/c1-15(2,3)13-9-11(10-16)5-6-12(13)7-8-17(4)14(18)19/h5-6,9H,7-8,10,16H2,1-4H3,(H,18,19). The van der Waals surface area contributed by atoms with Crippen LogP contribution in [-0.4, -0.2) is 29.7 Å². The number of nitrogens with zero attached hydrogens (tertiary/aromatic N) is 1. The van der Waals surface area contributed by atoms with Crippen LogP contribution in [0.5, 0.6) is 0 Å². The second-order valence-electron chi connectivity index (χ2n) is 5.90. The van der Waals surface area contributed by atoms with Crippen molar-refractivity contribution < 1.29 is 9.90 Å². The zero-order valence-electron chi connectivity index (χ0n) is 12.2. The van der Waals surface area contributed by atoms with Gasteiger partial charge in [-0.3, -0.25) is 0 Å².